The molecule has 17 atom stereocenters. The van der Waals surface area contributed by atoms with E-state index in [2.05, 4.69) is 92.1 Å². The van der Waals surface area contributed by atoms with E-state index in [9.17, 15) is 61.0 Å². The van der Waals surface area contributed by atoms with Gasteiger partial charge in [-0.05, 0) is 77.0 Å². The van der Waals surface area contributed by atoms with Gasteiger partial charge in [0.1, 0.15) is 73.2 Å². The number of aliphatic hydroxyl groups excluding tert-OH is 11. The lowest BCUT2D eigenvalue weighted by molar-refractivity contribution is -0.379. The molecule has 3 saturated heterocycles. The van der Waals surface area contributed by atoms with Gasteiger partial charge in [0.15, 0.2) is 18.9 Å². The Morgan fingerprint density at radius 1 is 0.430 bits per heavy atom. The monoisotopic (exact) mass is 1220 g/mol. The van der Waals surface area contributed by atoms with Gasteiger partial charge in [0.2, 0.25) is 5.91 Å². The molecule has 3 aliphatic rings. The Labute approximate surface area is 514 Å². The Morgan fingerprint density at radius 2 is 0.814 bits per heavy atom. The zero-order valence-corrected chi connectivity index (χ0v) is 52.0. The van der Waals surface area contributed by atoms with Crippen molar-refractivity contribution in [1.29, 1.82) is 0 Å². The standard InChI is InChI=1S/C67H115NO18/c1-3-5-7-9-11-13-15-16-17-18-19-20-21-22-23-24-25-26-27-28-29-30-31-32-33-34-35-37-39-41-43-45-55(73)68-50(51(72)44-42-40-38-36-14-12-10-8-6-4-2)49-81-65-61(79)58(76)63(53(47-70)83-65)86-67-62(80)59(77)64(54(48-71)84-67)85-66-60(78)57(75)56(74)52(46-69)82-66/h5,7,11,13-14,16-17,19-20,22-23,36,42,44,50-54,56-67,69-72,74-80H,3-4,6,8-10,12,15,18,21,24-35,37-41,43,45-49H2,1-2H3,(H,68,73)/b7-5-,13-11-,17-16-,20-19-,23-22-,36-14+,44-42+. The number of aliphatic hydroxyl groups is 11. The van der Waals surface area contributed by atoms with Gasteiger partial charge in [-0.15, -0.1) is 0 Å². The highest BCUT2D eigenvalue weighted by Gasteiger charge is 2.53. The number of unbranched alkanes of at least 4 members (excludes halogenated alkanes) is 20. The third-order valence-corrected chi connectivity index (χ3v) is 15.9. The van der Waals surface area contributed by atoms with E-state index in [-0.39, 0.29) is 18.9 Å². The van der Waals surface area contributed by atoms with E-state index in [1.54, 1.807) is 6.08 Å². The van der Waals surface area contributed by atoms with E-state index < -0.39 is 124 Å². The SMILES string of the molecule is CC/C=C\C/C=C\C/C=C\C/C=C\C/C=C\CCCCCCCCCCCCCCCCCC(=O)NC(COC1OC(CO)C(OC2OC(CO)C(OC3OC(CO)C(O)C(O)C3O)C(O)C2O)C(O)C1O)C(O)/C=C/CC/C=C/CCCCCC. The second kappa shape index (κ2) is 48.8. The maximum absolute atomic E-state index is 13.3. The molecule has 3 heterocycles. The highest BCUT2D eigenvalue weighted by atomic mass is 16.8. The van der Waals surface area contributed by atoms with Crippen LogP contribution in [0.25, 0.3) is 0 Å². The summed E-state index contributed by atoms with van der Waals surface area (Å²) < 4.78 is 34.2. The van der Waals surface area contributed by atoms with Crippen LogP contribution in [0.1, 0.15) is 200 Å². The van der Waals surface area contributed by atoms with Crippen LogP contribution in [0.4, 0.5) is 0 Å². The third-order valence-electron chi connectivity index (χ3n) is 15.9. The van der Waals surface area contributed by atoms with Crippen molar-refractivity contribution in [1.82, 2.24) is 5.32 Å². The third kappa shape index (κ3) is 31.1. The van der Waals surface area contributed by atoms with Crippen molar-refractivity contribution in [2.45, 2.75) is 304 Å². The lowest BCUT2D eigenvalue weighted by atomic mass is 9.96. The lowest BCUT2D eigenvalue weighted by Crippen LogP contribution is -2.66. The summed E-state index contributed by atoms with van der Waals surface area (Å²) in [5.41, 5.74) is 0. The van der Waals surface area contributed by atoms with Crippen LogP contribution in [0, 0.1) is 0 Å². The Bertz CT molecular complexity index is 1890. The van der Waals surface area contributed by atoms with Crippen molar-refractivity contribution in [2.75, 3.05) is 26.4 Å². The molecule has 0 spiro atoms. The van der Waals surface area contributed by atoms with Gasteiger partial charge in [0, 0.05) is 6.42 Å². The van der Waals surface area contributed by atoms with Crippen LogP contribution >= 0.6 is 0 Å². The van der Waals surface area contributed by atoms with Crippen LogP contribution in [0.2, 0.25) is 0 Å². The second-order valence-electron chi connectivity index (χ2n) is 23.2. The average molecular weight is 1220 g/mol. The maximum Gasteiger partial charge on any atom is 0.220 e. The highest BCUT2D eigenvalue weighted by molar-refractivity contribution is 5.76. The molecular formula is C67H115NO18. The molecule has 86 heavy (non-hydrogen) atoms. The smallest absolute Gasteiger partial charge is 0.220 e. The molecule has 17 unspecified atom stereocenters. The summed E-state index contributed by atoms with van der Waals surface area (Å²) >= 11 is 0. The molecule has 19 heteroatoms. The van der Waals surface area contributed by atoms with Crippen molar-refractivity contribution in [3.63, 3.8) is 0 Å². The fourth-order valence-corrected chi connectivity index (χ4v) is 10.6. The van der Waals surface area contributed by atoms with Gasteiger partial charge >= 0.3 is 0 Å². The zero-order chi connectivity index (χ0) is 62.6. The predicted molar refractivity (Wildman–Crippen MR) is 332 cm³/mol. The van der Waals surface area contributed by atoms with Crippen LogP contribution in [-0.2, 0) is 33.2 Å². The highest BCUT2D eigenvalue weighted by Crippen LogP contribution is 2.33. The summed E-state index contributed by atoms with van der Waals surface area (Å²) in [5, 5.41) is 120. The largest absolute Gasteiger partial charge is 0.394 e. The molecule has 0 bridgehead atoms. The molecule has 3 aliphatic heterocycles. The number of hydrogen-bond donors (Lipinski definition) is 12. The number of allylic oxidation sites excluding steroid dienone is 13. The maximum atomic E-state index is 13.3. The van der Waals surface area contributed by atoms with Gasteiger partial charge in [0.05, 0.1) is 38.6 Å². The molecule has 0 aromatic carbocycles. The molecule has 0 aromatic rings. The summed E-state index contributed by atoms with van der Waals surface area (Å²) in [5.74, 6) is -0.291. The number of carbonyl (C=O) groups is 1. The van der Waals surface area contributed by atoms with E-state index in [0.717, 1.165) is 70.6 Å². The van der Waals surface area contributed by atoms with Crippen LogP contribution < -0.4 is 5.32 Å². The molecule has 0 saturated carbocycles. The van der Waals surface area contributed by atoms with Crippen LogP contribution in [-0.4, -0.2) is 193 Å². The first kappa shape index (κ1) is 77.2. The number of amides is 1. The van der Waals surface area contributed by atoms with E-state index in [1.165, 1.54) is 96.3 Å². The predicted octanol–water partition coefficient (Wildman–Crippen LogP) is 7.54. The molecule has 3 fully saturated rings. The van der Waals surface area contributed by atoms with Crippen molar-refractivity contribution >= 4 is 5.91 Å². The molecule has 0 radical (unpaired) electrons. The van der Waals surface area contributed by atoms with Gasteiger partial charge in [-0.1, -0.05) is 202 Å². The van der Waals surface area contributed by atoms with Crippen molar-refractivity contribution in [2.24, 2.45) is 0 Å². The first-order valence-corrected chi connectivity index (χ1v) is 32.8. The Morgan fingerprint density at radius 3 is 1.30 bits per heavy atom. The average Bonchev–Trinajstić information content (AvgIpc) is 1.89. The Balaban J connectivity index is 1.37. The van der Waals surface area contributed by atoms with E-state index in [1.807, 2.05) is 6.08 Å². The van der Waals surface area contributed by atoms with Crippen molar-refractivity contribution in [3.05, 3.63) is 85.1 Å². The number of carbonyl (C=O) groups excluding carboxylic acids is 1. The quantitative estimate of drug-likeness (QED) is 0.0207. The molecule has 12 N–H and O–H groups in total. The Hall–Kier alpha value is -3.03. The summed E-state index contributed by atoms with van der Waals surface area (Å²) in [7, 11) is 0. The minimum absolute atomic E-state index is 0.231. The molecule has 496 valence electrons. The molecule has 19 nitrogen and oxygen atoms in total. The normalized spacial score (nSPS) is 29.3. The zero-order valence-electron chi connectivity index (χ0n) is 52.0. The number of nitrogens with one attached hydrogen (secondary N) is 1. The molecule has 1 amide bonds. The Kier molecular flexibility index (Phi) is 43.8. The van der Waals surface area contributed by atoms with E-state index in [4.69, 9.17) is 28.4 Å². The summed E-state index contributed by atoms with van der Waals surface area (Å²) in [4.78, 5) is 13.3. The summed E-state index contributed by atoms with van der Waals surface area (Å²) in [6.07, 6.45) is 34.5. The van der Waals surface area contributed by atoms with Crippen molar-refractivity contribution in [3.8, 4) is 0 Å². The second-order valence-corrected chi connectivity index (χ2v) is 23.2. The molecule has 0 aliphatic carbocycles. The van der Waals surface area contributed by atoms with E-state index in [0.29, 0.717) is 12.8 Å². The topological polar surface area (TPSA) is 307 Å². The molecule has 3 rings (SSSR count). The van der Waals surface area contributed by atoms with Gasteiger partial charge in [0.25, 0.3) is 0 Å². The van der Waals surface area contributed by atoms with Crippen LogP contribution in [0.5, 0.6) is 0 Å². The van der Waals surface area contributed by atoms with E-state index >= 15 is 0 Å². The van der Waals surface area contributed by atoms with Crippen LogP contribution in [0.3, 0.4) is 0 Å². The summed E-state index contributed by atoms with van der Waals surface area (Å²) in [6.45, 7) is 1.53. The van der Waals surface area contributed by atoms with Gasteiger partial charge in [-0.25, -0.2) is 0 Å². The molecular weight excluding hydrogens is 1110 g/mol. The summed E-state index contributed by atoms with van der Waals surface area (Å²) in [6, 6.07) is -0.992. The minimum atomic E-state index is -1.98. The van der Waals surface area contributed by atoms with Gasteiger partial charge < -0.3 is 89.9 Å². The fourth-order valence-electron chi connectivity index (χ4n) is 10.6. The lowest BCUT2D eigenvalue weighted by Gasteiger charge is -2.48. The number of rotatable bonds is 48. The number of hydrogen-bond acceptors (Lipinski definition) is 18. The first-order chi connectivity index (χ1) is 41.8. The minimum Gasteiger partial charge on any atom is -0.394 e. The van der Waals surface area contributed by atoms with Crippen molar-refractivity contribution < 1.29 is 89.4 Å². The van der Waals surface area contributed by atoms with Gasteiger partial charge in [-0.3, -0.25) is 4.79 Å². The molecule has 0 aromatic heterocycles. The van der Waals surface area contributed by atoms with Gasteiger partial charge in [-0.2, -0.15) is 0 Å². The first-order valence-electron chi connectivity index (χ1n) is 32.8. The van der Waals surface area contributed by atoms with Crippen LogP contribution in [0.15, 0.2) is 85.1 Å². The fraction of sp³-hybridized carbons (Fsp3) is 0.776. The number of ether oxygens (including phenoxy) is 6.